The zero-order valence-electron chi connectivity index (χ0n) is 12.5. The van der Waals surface area contributed by atoms with Crippen LogP contribution in [-0.4, -0.2) is 24.5 Å². The van der Waals surface area contributed by atoms with Crippen molar-refractivity contribution in [1.29, 1.82) is 0 Å². The lowest BCUT2D eigenvalue weighted by molar-refractivity contribution is -0.163. The summed E-state index contributed by atoms with van der Waals surface area (Å²) in [5.74, 6) is -0.272. The van der Waals surface area contributed by atoms with Crippen LogP contribution >= 0.6 is 0 Å². The van der Waals surface area contributed by atoms with E-state index in [2.05, 4.69) is 0 Å². The summed E-state index contributed by atoms with van der Waals surface area (Å²) in [5.41, 5.74) is 0. The van der Waals surface area contributed by atoms with Crippen molar-refractivity contribution in [2.75, 3.05) is 0 Å². The van der Waals surface area contributed by atoms with Gasteiger partial charge in [0.2, 0.25) is 6.29 Å². The van der Waals surface area contributed by atoms with Crippen molar-refractivity contribution in [3.63, 3.8) is 0 Å². The minimum absolute atomic E-state index is 0.0695. The van der Waals surface area contributed by atoms with Crippen LogP contribution in [0.4, 0.5) is 4.79 Å². The Labute approximate surface area is 120 Å². The van der Waals surface area contributed by atoms with E-state index in [1.54, 1.807) is 6.08 Å². The van der Waals surface area contributed by atoms with Crippen molar-refractivity contribution in [2.24, 2.45) is 5.92 Å². The summed E-state index contributed by atoms with van der Waals surface area (Å²) in [7, 11) is 0. The zero-order valence-corrected chi connectivity index (χ0v) is 12.5. The van der Waals surface area contributed by atoms with E-state index in [1.165, 1.54) is 19.4 Å². The summed E-state index contributed by atoms with van der Waals surface area (Å²) >= 11 is 0. The Hall–Kier alpha value is -1.52. The Balaban J connectivity index is 2.24. The minimum atomic E-state index is -0.949. The van der Waals surface area contributed by atoms with Gasteiger partial charge in [0, 0.05) is 13.0 Å². The van der Waals surface area contributed by atoms with Gasteiger partial charge >= 0.3 is 12.1 Å². The molecule has 5 nitrogen and oxygen atoms in total. The summed E-state index contributed by atoms with van der Waals surface area (Å²) in [4.78, 5) is 22.9. The Morgan fingerprint density at radius 3 is 2.30 bits per heavy atom. The van der Waals surface area contributed by atoms with Crippen LogP contribution in [0.3, 0.4) is 0 Å². The monoisotopic (exact) mass is 284 g/mol. The average molecular weight is 284 g/mol. The number of allylic oxidation sites excluding steroid dienone is 1. The number of ether oxygens (including phenoxy) is 3. The summed E-state index contributed by atoms with van der Waals surface area (Å²) in [6.07, 6.45) is 6.34. The number of rotatable bonds is 5. The third-order valence-electron chi connectivity index (χ3n) is 2.98. The molecule has 1 atom stereocenters. The second-order valence-electron chi connectivity index (χ2n) is 5.35. The minimum Gasteiger partial charge on any atom is -0.431 e. The number of esters is 1. The van der Waals surface area contributed by atoms with Gasteiger partial charge in [-0.05, 0) is 31.6 Å². The molecule has 1 aliphatic rings. The first-order valence-electron chi connectivity index (χ1n) is 7.23. The number of carbonyl (C=O) groups excluding carboxylic acids is 2. The molecule has 114 valence electrons. The van der Waals surface area contributed by atoms with Gasteiger partial charge in [0.25, 0.3) is 0 Å². The van der Waals surface area contributed by atoms with Gasteiger partial charge in [-0.3, -0.25) is 0 Å². The molecule has 20 heavy (non-hydrogen) atoms. The molecular weight excluding hydrogens is 260 g/mol. The Morgan fingerprint density at radius 2 is 1.70 bits per heavy atom. The zero-order chi connectivity index (χ0) is 15.0. The van der Waals surface area contributed by atoms with E-state index in [0.717, 1.165) is 25.7 Å². The third-order valence-corrected chi connectivity index (χ3v) is 2.98. The molecule has 1 aliphatic carbocycles. The van der Waals surface area contributed by atoms with Gasteiger partial charge in [0.05, 0.1) is 0 Å². The van der Waals surface area contributed by atoms with E-state index in [0.29, 0.717) is 0 Å². The van der Waals surface area contributed by atoms with Crippen molar-refractivity contribution >= 4 is 12.1 Å². The molecule has 0 bridgehead atoms. The molecule has 0 aliphatic heterocycles. The van der Waals surface area contributed by atoms with Crippen LogP contribution in [0, 0.1) is 5.92 Å². The molecule has 5 heteroatoms. The van der Waals surface area contributed by atoms with Crippen LogP contribution in [0.1, 0.15) is 52.9 Å². The van der Waals surface area contributed by atoms with Gasteiger partial charge in [0.15, 0.2) is 0 Å². The molecule has 0 heterocycles. The van der Waals surface area contributed by atoms with E-state index >= 15 is 0 Å². The van der Waals surface area contributed by atoms with Gasteiger partial charge < -0.3 is 14.2 Å². The highest BCUT2D eigenvalue weighted by atomic mass is 16.8. The maximum absolute atomic E-state index is 11.5. The molecule has 1 saturated carbocycles. The Bertz CT molecular complexity index is 342. The molecule has 0 spiro atoms. The van der Waals surface area contributed by atoms with Crippen LogP contribution in [0.5, 0.6) is 0 Å². The van der Waals surface area contributed by atoms with Crippen molar-refractivity contribution < 1.29 is 23.8 Å². The SMILES string of the molecule is CC(C)/C=C/C(=O)OC(C)OC(=O)OC1CCCCC1. The maximum atomic E-state index is 11.5. The smallest absolute Gasteiger partial charge is 0.431 e. The standard InChI is InChI=1S/C15H24O5/c1-11(2)9-10-14(16)18-12(3)19-15(17)20-13-7-5-4-6-8-13/h9-13H,4-8H2,1-3H3/b10-9+. The van der Waals surface area contributed by atoms with Crippen LogP contribution < -0.4 is 0 Å². The number of hydrogen-bond donors (Lipinski definition) is 0. The largest absolute Gasteiger partial charge is 0.511 e. The van der Waals surface area contributed by atoms with Crippen LogP contribution in [0.2, 0.25) is 0 Å². The lowest BCUT2D eigenvalue weighted by Crippen LogP contribution is -2.26. The first-order valence-corrected chi connectivity index (χ1v) is 7.23. The fourth-order valence-electron chi connectivity index (χ4n) is 1.98. The van der Waals surface area contributed by atoms with Crippen molar-refractivity contribution in [1.82, 2.24) is 0 Å². The molecule has 0 radical (unpaired) electrons. The lowest BCUT2D eigenvalue weighted by atomic mass is 9.98. The second kappa shape index (κ2) is 8.61. The van der Waals surface area contributed by atoms with Gasteiger partial charge in [-0.15, -0.1) is 0 Å². The summed E-state index contributed by atoms with van der Waals surface area (Å²) < 4.78 is 15.0. The molecule has 0 saturated heterocycles. The summed E-state index contributed by atoms with van der Waals surface area (Å²) in [6.45, 7) is 5.39. The molecule has 1 rings (SSSR count). The van der Waals surface area contributed by atoms with Crippen molar-refractivity contribution in [3.05, 3.63) is 12.2 Å². The highest BCUT2D eigenvalue weighted by molar-refractivity contribution is 5.82. The predicted octanol–water partition coefficient (Wildman–Crippen LogP) is 3.57. The number of carbonyl (C=O) groups is 2. The van der Waals surface area contributed by atoms with Crippen LogP contribution in [0.25, 0.3) is 0 Å². The van der Waals surface area contributed by atoms with Crippen LogP contribution in [0.15, 0.2) is 12.2 Å². The number of hydrogen-bond acceptors (Lipinski definition) is 5. The quantitative estimate of drug-likeness (QED) is 0.439. The van der Waals surface area contributed by atoms with Crippen molar-refractivity contribution in [3.8, 4) is 0 Å². The molecule has 1 fully saturated rings. The third kappa shape index (κ3) is 7.16. The molecule has 0 amide bonds. The normalized spacial score (nSPS) is 18.0. The Morgan fingerprint density at radius 1 is 1.05 bits per heavy atom. The van der Waals surface area contributed by atoms with E-state index < -0.39 is 18.4 Å². The van der Waals surface area contributed by atoms with E-state index in [4.69, 9.17) is 14.2 Å². The highest BCUT2D eigenvalue weighted by Gasteiger charge is 2.20. The topological polar surface area (TPSA) is 61.8 Å². The molecule has 1 unspecified atom stereocenters. The summed E-state index contributed by atoms with van der Waals surface area (Å²) in [6, 6.07) is 0. The van der Waals surface area contributed by atoms with E-state index in [-0.39, 0.29) is 12.0 Å². The van der Waals surface area contributed by atoms with Gasteiger partial charge in [-0.2, -0.15) is 0 Å². The van der Waals surface area contributed by atoms with E-state index in [1.807, 2.05) is 13.8 Å². The van der Waals surface area contributed by atoms with Gasteiger partial charge in [-0.1, -0.05) is 26.3 Å². The lowest BCUT2D eigenvalue weighted by Gasteiger charge is -2.22. The molecule has 0 aromatic carbocycles. The maximum Gasteiger partial charge on any atom is 0.511 e. The predicted molar refractivity (Wildman–Crippen MR) is 74.0 cm³/mol. The fraction of sp³-hybridized carbons (Fsp3) is 0.733. The Kier molecular flexibility index (Phi) is 7.12. The van der Waals surface area contributed by atoms with Crippen molar-refractivity contribution in [2.45, 2.75) is 65.3 Å². The average Bonchev–Trinajstić information content (AvgIpc) is 2.37. The molecule has 0 N–H and O–H groups in total. The molecule has 0 aromatic rings. The fourth-order valence-corrected chi connectivity index (χ4v) is 1.98. The summed E-state index contributed by atoms with van der Waals surface area (Å²) in [5, 5.41) is 0. The first kappa shape index (κ1) is 16.5. The molecule has 0 aromatic heterocycles. The highest BCUT2D eigenvalue weighted by Crippen LogP contribution is 2.20. The second-order valence-corrected chi connectivity index (χ2v) is 5.35. The van der Waals surface area contributed by atoms with E-state index in [9.17, 15) is 9.59 Å². The van der Waals surface area contributed by atoms with Crippen LogP contribution in [-0.2, 0) is 19.0 Å². The first-order chi connectivity index (χ1) is 9.47. The molecular formula is C15H24O5. The van der Waals surface area contributed by atoms with Gasteiger partial charge in [-0.25, -0.2) is 9.59 Å². The van der Waals surface area contributed by atoms with Gasteiger partial charge in [0.1, 0.15) is 6.10 Å².